The van der Waals surface area contributed by atoms with Crippen LogP contribution in [0.2, 0.25) is 0 Å². The predicted molar refractivity (Wildman–Crippen MR) is 64.6 cm³/mol. The molecule has 0 rings (SSSR count). The van der Waals surface area contributed by atoms with Gasteiger partial charge in [0.1, 0.15) is 0 Å². The van der Waals surface area contributed by atoms with Crippen LogP contribution in [0, 0.1) is 0 Å². The van der Waals surface area contributed by atoms with Crippen molar-refractivity contribution in [2.45, 2.75) is 0 Å². The molecule has 0 atom stereocenters. The Morgan fingerprint density at radius 1 is 0.438 bits per heavy atom. The van der Waals surface area contributed by atoms with Crippen LogP contribution in [0.5, 0.6) is 0 Å². The summed E-state index contributed by atoms with van der Waals surface area (Å²) in [6.07, 6.45) is 0. The molecule has 104 valence electrons. The molecule has 0 aliphatic heterocycles. The van der Waals surface area contributed by atoms with Gasteiger partial charge >= 0.3 is 0 Å². The Hall–Kier alpha value is -0.320. The zero-order chi connectivity index (χ0) is 13.7. The van der Waals surface area contributed by atoms with Crippen LogP contribution in [0.15, 0.2) is 0 Å². The molecule has 0 heterocycles. The Labute approximate surface area is 96.8 Å². The molecule has 8 heteroatoms. The monoisotopic (exact) mass is 244 g/mol. The molecule has 0 aromatic carbocycles. The molecule has 0 fully saturated rings. The van der Waals surface area contributed by atoms with Gasteiger partial charge in [0.05, 0.1) is 26.4 Å². The van der Waals surface area contributed by atoms with E-state index in [9.17, 15) is 0 Å². The topological polar surface area (TPSA) is 185 Å². The minimum atomic E-state index is 0.0972. The highest BCUT2D eigenvalue weighted by Crippen LogP contribution is 1.34. The van der Waals surface area contributed by atoms with Gasteiger partial charge in [-0.15, -0.1) is 0 Å². The Morgan fingerprint density at radius 2 is 0.500 bits per heavy atom. The van der Waals surface area contributed by atoms with E-state index >= 15 is 0 Å². The average Bonchev–Trinajstić information content (AvgIpc) is 2.39. The SMILES string of the molecule is NCCO.NCCO.NCCO.NCCO. The average molecular weight is 244 g/mol. The van der Waals surface area contributed by atoms with E-state index in [4.69, 9.17) is 43.4 Å². The fourth-order valence-corrected chi connectivity index (χ4v) is 0. The molecular formula is C8H28N4O4. The molecule has 12 N–H and O–H groups in total. The first-order chi connectivity index (χ1) is 7.66. The van der Waals surface area contributed by atoms with Crippen molar-refractivity contribution in [2.75, 3.05) is 52.6 Å². The Kier molecular flexibility index (Phi) is 72.1. The largest absolute Gasteiger partial charge is 0.395 e. The second-order valence-corrected chi connectivity index (χ2v) is 2.05. The van der Waals surface area contributed by atoms with Gasteiger partial charge in [-0.1, -0.05) is 0 Å². The van der Waals surface area contributed by atoms with Crippen molar-refractivity contribution in [3.63, 3.8) is 0 Å². The van der Waals surface area contributed by atoms with Gasteiger partial charge in [-0.25, -0.2) is 0 Å². The molecule has 0 unspecified atom stereocenters. The van der Waals surface area contributed by atoms with Crippen molar-refractivity contribution in [2.24, 2.45) is 22.9 Å². The summed E-state index contributed by atoms with van der Waals surface area (Å²) in [5.74, 6) is 0. The molecule has 8 nitrogen and oxygen atoms in total. The minimum Gasteiger partial charge on any atom is -0.395 e. The first-order valence-electron chi connectivity index (χ1n) is 4.90. The van der Waals surface area contributed by atoms with Gasteiger partial charge in [0.25, 0.3) is 0 Å². The lowest BCUT2D eigenvalue weighted by atomic mass is 10.8. The first-order valence-corrected chi connectivity index (χ1v) is 4.90. The van der Waals surface area contributed by atoms with Crippen LogP contribution >= 0.6 is 0 Å². The zero-order valence-electron chi connectivity index (χ0n) is 9.76. The summed E-state index contributed by atoms with van der Waals surface area (Å²) >= 11 is 0. The number of nitrogens with two attached hydrogens (primary N) is 4. The predicted octanol–water partition coefficient (Wildman–Crippen LogP) is -4.25. The molecule has 0 aromatic heterocycles. The van der Waals surface area contributed by atoms with E-state index in [2.05, 4.69) is 0 Å². The van der Waals surface area contributed by atoms with E-state index in [1.54, 1.807) is 0 Å². The van der Waals surface area contributed by atoms with Crippen LogP contribution in [0.1, 0.15) is 0 Å². The third-order valence-corrected chi connectivity index (χ3v) is 0.516. The molecule has 0 aromatic rings. The summed E-state index contributed by atoms with van der Waals surface area (Å²) in [6.45, 7) is 1.89. The number of hydrogen-bond donors (Lipinski definition) is 8. The van der Waals surface area contributed by atoms with Crippen LogP contribution in [0.3, 0.4) is 0 Å². The summed E-state index contributed by atoms with van der Waals surface area (Å²) in [7, 11) is 0. The van der Waals surface area contributed by atoms with Crippen molar-refractivity contribution in [3.05, 3.63) is 0 Å². The highest BCUT2D eigenvalue weighted by atomic mass is 16.3. The summed E-state index contributed by atoms with van der Waals surface area (Å²) < 4.78 is 0. The van der Waals surface area contributed by atoms with Crippen molar-refractivity contribution in [3.8, 4) is 0 Å². The second-order valence-electron chi connectivity index (χ2n) is 2.05. The van der Waals surface area contributed by atoms with Crippen molar-refractivity contribution in [1.29, 1.82) is 0 Å². The van der Waals surface area contributed by atoms with E-state index < -0.39 is 0 Å². The van der Waals surface area contributed by atoms with Crippen molar-refractivity contribution >= 4 is 0 Å². The molecule has 0 amide bonds. The summed E-state index contributed by atoms with van der Waals surface area (Å²) in [6, 6.07) is 0. The summed E-state index contributed by atoms with van der Waals surface area (Å²) in [4.78, 5) is 0. The van der Waals surface area contributed by atoms with Gasteiger partial charge in [-0.3, -0.25) is 0 Å². The standard InChI is InChI=1S/4C2H7NO/c4*3-1-2-4/h4*4H,1-3H2. The lowest BCUT2D eigenvalue weighted by Gasteiger charge is -1.71. The van der Waals surface area contributed by atoms with Crippen LogP contribution in [-0.4, -0.2) is 73.0 Å². The van der Waals surface area contributed by atoms with Crippen molar-refractivity contribution < 1.29 is 20.4 Å². The maximum Gasteiger partial charge on any atom is 0.0553 e. The number of rotatable bonds is 4. The van der Waals surface area contributed by atoms with Gasteiger partial charge < -0.3 is 43.4 Å². The molecule has 0 aliphatic carbocycles. The Balaban J connectivity index is -0.0000000600. The van der Waals surface area contributed by atoms with Gasteiger partial charge in [0, 0.05) is 26.2 Å². The van der Waals surface area contributed by atoms with Crippen molar-refractivity contribution in [1.82, 2.24) is 0 Å². The number of aliphatic hydroxyl groups is 4. The maximum absolute atomic E-state index is 7.75. The molecule has 0 saturated heterocycles. The van der Waals surface area contributed by atoms with E-state index in [1.165, 1.54) is 0 Å². The van der Waals surface area contributed by atoms with E-state index in [0.29, 0.717) is 26.2 Å². The third-order valence-electron chi connectivity index (χ3n) is 0.516. The fraction of sp³-hybridized carbons (Fsp3) is 1.00. The Morgan fingerprint density at radius 3 is 0.500 bits per heavy atom. The van der Waals surface area contributed by atoms with Gasteiger partial charge in [-0.2, -0.15) is 0 Å². The molecule has 0 radical (unpaired) electrons. The van der Waals surface area contributed by atoms with Gasteiger partial charge in [0.15, 0.2) is 0 Å². The quantitative estimate of drug-likeness (QED) is 0.244. The van der Waals surface area contributed by atoms with Crippen LogP contribution in [0.25, 0.3) is 0 Å². The van der Waals surface area contributed by atoms with E-state index in [0.717, 1.165) is 0 Å². The third kappa shape index (κ3) is 162. The highest BCUT2D eigenvalue weighted by molar-refractivity contribution is 4.18. The lowest BCUT2D eigenvalue weighted by Crippen LogP contribution is -2.02. The van der Waals surface area contributed by atoms with Gasteiger partial charge in [-0.05, 0) is 0 Å². The molecule has 0 saturated carbocycles. The minimum absolute atomic E-state index is 0.0972. The van der Waals surface area contributed by atoms with Crippen LogP contribution in [-0.2, 0) is 0 Å². The normalized spacial score (nSPS) is 7.50. The smallest absolute Gasteiger partial charge is 0.0553 e. The molecule has 0 spiro atoms. The zero-order valence-corrected chi connectivity index (χ0v) is 9.76. The first kappa shape index (κ1) is 24.8. The molecule has 16 heavy (non-hydrogen) atoms. The fourth-order valence-electron chi connectivity index (χ4n) is 0. The number of aliphatic hydroxyl groups excluding tert-OH is 4. The summed E-state index contributed by atoms with van der Waals surface area (Å²) in [5.41, 5.74) is 19.1. The molecule has 0 aliphatic rings. The molecule has 0 bridgehead atoms. The summed E-state index contributed by atoms with van der Waals surface area (Å²) in [5, 5.41) is 31.0. The highest BCUT2D eigenvalue weighted by Gasteiger charge is 1.57. The Bertz CT molecular complexity index is 48.0. The van der Waals surface area contributed by atoms with E-state index in [-0.39, 0.29) is 26.4 Å². The van der Waals surface area contributed by atoms with Crippen LogP contribution < -0.4 is 22.9 Å². The second kappa shape index (κ2) is 46.6. The molecular weight excluding hydrogens is 216 g/mol. The number of hydrogen-bond acceptors (Lipinski definition) is 8. The maximum atomic E-state index is 7.75. The van der Waals surface area contributed by atoms with Crippen LogP contribution in [0.4, 0.5) is 0 Å². The van der Waals surface area contributed by atoms with E-state index in [1.807, 2.05) is 0 Å². The van der Waals surface area contributed by atoms with Gasteiger partial charge in [0.2, 0.25) is 0 Å². The lowest BCUT2D eigenvalue weighted by molar-refractivity contribution is 0.306.